The highest BCUT2D eigenvalue weighted by Gasteiger charge is 2.36. The summed E-state index contributed by atoms with van der Waals surface area (Å²) in [5.74, 6) is 0.113. The number of halogens is 2. The number of ketones is 1. The summed E-state index contributed by atoms with van der Waals surface area (Å²) >= 11 is 12.0. The van der Waals surface area contributed by atoms with Crippen molar-refractivity contribution in [2.75, 3.05) is 0 Å². The lowest BCUT2D eigenvalue weighted by atomic mass is 9.69. The normalized spacial score (nSPS) is 11.7. The Morgan fingerprint density at radius 2 is 1.19 bits per heavy atom. The van der Waals surface area contributed by atoms with Crippen LogP contribution in [0.2, 0.25) is 10.0 Å². The van der Waals surface area contributed by atoms with Gasteiger partial charge in [-0.25, -0.2) is 0 Å². The third-order valence-corrected chi connectivity index (χ3v) is 4.54. The first-order valence-corrected chi connectivity index (χ1v) is 7.60. The number of hydrogen-bond donors (Lipinski definition) is 0. The van der Waals surface area contributed by atoms with Crippen molar-refractivity contribution in [3.05, 3.63) is 69.7 Å². The van der Waals surface area contributed by atoms with Gasteiger partial charge >= 0.3 is 0 Å². The second-order valence-corrected chi connectivity index (χ2v) is 6.69. The van der Waals surface area contributed by atoms with Crippen LogP contribution in [-0.4, -0.2) is 5.78 Å². The van der Waals surface area contributed by atoms with Crippen LogP contribution < -0.4 is 0 Å². The number of carbonyl (C=O) groups excluding carboxylic acids is 1. The zero-order chi connectivity index (χ0) is 15.6. The zero-order valence-corrected chi connectivity index (χ0v) is 13.9. The molecular formula is C18H18Cl2O. The second-order valence-electron chi connectivity index (χ2n) is 5.81. The monoisotopic (exact) mass is 320 g/mol. The Balaban J connectivity index is 2.56. The minimum absolute atomic E-state index is 0.0375. The van der Waals surface area contributed by atoms with E-state index < -0.39 is 5.41 Å². The van der Waals surface area contributed by atoms with Gasteiger partial charge in [0.2, 0.25) is 0 Å². The lowest BCUT2D eigenvalue weighted by molar-refractivity contribution is -0.125. The number of Topliss-reactive ketones (excluding diaryl/α,β-unsaturated/α-hetero) is 1. The first-order valence-electron chi connectivity index (χ1n) is 6.84. The first-order chi connectivity index (χ1) is 9.82. The smallest absolute Gasteiger partial charge is 0.136 e. The molecule has 2 rings (SSSR count). The molecule has 0 bridgehead atoms. The number of carbonyl (C=O) groups is 1. The van der Waals surface area contributed by atoms with Gasteiger partial charge in [-0.3, -0.25) is 4.79 Å². The Hall–Kier alpha value is -1.31. The molecule has 2 aromatic carbocycles. The highest BCUT2D eigenvalue weighted by atomic mass is 35.5. The van der Waals surface area contributed by atoms with Crippen LogP contribution in [0.15, 0.2) is 48.5 Å². The molecule has 0 atom stereocenters. The molecule has 1 nitrogen and oxygen atoms in total. The second kappa shape index (κ2) is 6.21. The van der Waals surface area contributed by atoms with Crippen LogP contribution in [0.5, 0.6) is 0 Å². The molecule has 0 fully saturated rings. The number of rotatable bonds is 4. The Morgan fingerprint density at radius 1 is 0.857 bits per heavy atom. The molecule has 0 heterocycles. The maximum atomic E-state index is 12.1. The number of benzene rings is 2. The van der Waals surface area contributed by atoms with Crippen LogP contribution in [0.3, 0.4) is 0 Å². The van der Waals surface area contributed by atoms with Gasteiger partial charge in [-0.1, -0.05) is 61.3 Å². The van der Waals surface area contributed by atoms with Crippen LogP contribution in [0.4, 0.5) is 0 Å². The molecule has 110 valence electrons. The van der Waals surface area contributed by atoms with E-state index >= 15 is 0 Å². The zero-order valence-electron chi connectivity index (χ0n) is 12.4. The SMILES string of the molecule is CC(=O)C(C)(C)C(c1ccc(Cl)cc1)c1ccc(Cl)cc1. The molecule has 0 aliphatic carbocycles. The standard InChI is InChI=1S/C18H18Cl2O/c1-12(21)18(2,3)17(13-4-8-15(19)9-5-13)14-6-10-16(20)11-7-14/h4-11,17H,1-3H3. The number of hydrogen-bond acceptors (Lipinski definition) is 1. The maximum Gasteiger partial charge on any atom is 0.136 e. The molecule has 0 spiro atoms. The van der Waals surface area contributed by atoms with Crippen molar-refractivity contribution >= 4 is 29.0 Å². The maximum absolute atomic E-state index is 12.1. The van der Waals surface area contributed by atoms with Crippen molar-refractivity contribution in [1.29, 1.82) is 0 Å². The summed E-state index contributed by atoms with van der Waals surface area (Å²) in [6, 6.07) is 15.3. The molecule has 0 aliphatic heterocycles. The topological polar surface area (TPSA) is 17.1 Å². The first kappa shape index (κ1) is 16.1. The lowest BCUT2D eigenvalue weighted by Gasteiger charge is -2.33. The van der Waals surface area contributed by atoms with Gasteiger partial charge in [-0.2, -0.15) is 0 Å². The van der Waals surface area contributed by atoms with Crippen molar-refractivity contribution < 1.29 is 4.79 Å². The molecule has 0 N–H and O–H groups in total. The lowest BCUT2D eigenvalue weighted by Crippen LogP contribution is -2.30. The molecule has 3 heteroatoms. The van der Waals surface area contributed by atoms with Crippen LogP contribution in [-0.2, 0) is 4.79 Å². The third kappa shape index (κ3) is 3.48. The molecule has 0 unspecified atom stereocenters. The molecule has 0 aromatic heterocycles. The fraction of sp³-hybridized carbons (Fsp3) is 0.278. The highest BCUT2D eigenvalue weighted by Crippen LogP contribution is 2.42. The molecule has 0 saturated heterocycles. The van der Waals surface area contributed by atoms with Crippen LogP contribution in [0, 0.1) is 5.41 Å². The fourth-order valence-corrected chi connectivity index (χ4v) is 2.79. The van der Waals surface area contributed by atoms with Gasteiger partial charge in [0.25, 0.3) is 0 Å². The summed E-state index contributed by atoms with van der Waals surface area (Å²) in [6.07, 6.45) is 0. The minimum Gasteiger partial charge on any atom is -0.299 e. The van der Waals surface area contributed by atoms with E-state index in [9.17, 15) is 4.79 Å². The van der Waals surface area contributed by atoms with Gasteiger partial charge in [0, 0.05) is 21.4 Å². The fourth-order valence-electron chi connectivity index (χ4n) is 2.54. The van der Waals surface area contributed by atoms with E-state index in [-0.39, 0.29) is 11.7 Å². The Labute approximate surface area is 135 Å². The molecule has 0 saturated carbocycles. The van der Waals surface area contributed by atoms with Crippen LogP contribution in [0.25, 0.3) is 0 Å². The van der Waals surface area contributed by atoms with Crippen molar-refractivity contribution in [2.24, 2.45) is 5.41 Å². The summed E-state index contributed by atoms with van der Waals surface area (Å²) in [5.41, 5.74) is 1.63. The van der Waals surface area contributed by atoms with Gasteiger partial charge < -0.3 is 0 Å². The summed E-state index contributed by atoms with van der Waals surface area (Å²) in [7, 11) is 0. The van der Waals surface area contributed by atoms with E-state index in [4.69, 9.17) is 23.2 Å². The third-order valence-electron chi connectivity index (χ3n) is 4.04. The molecule has 0 amide bonds. The Morgan fingerprint density at radius 3 is 1.48 bits per heavy atom. The quantitative estimate of drug-likeness (QED) is 0.702. The Bertz CT molecular complexity index is 582. The largest absolute Gasteiger partial charge is 0.299 e. The van der Waals surface area contributed by atoms with Gasteiger partial charge in [-0.15, -0.1) is 0 Å². The van der Waals surface area contributed by atoms with Gasteiger partial charge in [0.1, 0.15) is 5.78 Å². The van der Waals surface area contributed by atoms with Gasteiger partial charge in [0.15, 0.2) is 0 Å². The Kier molecular flexibility index (Phi) is 4.75. The van der Waals surface area contributed by atoms with Gasteiger partial charge in [-0.05, 0) is 42.3 Å². The van der Waals surface area contributed by atoms with Crippen LogP contribution >= 0.6 is 23.2 Å². The summed E-state index contributed by atoms with van der Waals surface area (Å²) in [5, 5.41) is 1.38. The summed E-state index contributed by atoms with van der Waals surface area (Å²) in [4.78, 5) is 12.1. The molecular weight excluding hydrogens is 303 g/mol. The average molecular weight is 321 g/mol. The van der Waals surface area contributed by atoms with Gasteiger partial charge in [0.05, 0.1) is 0 Å². The molecule has 2 aromatic rings. The molecule has 0 aliphatic rings. The van der Waals surface area contributed by atoms with Crippen molar-refractivity contribution in [3.8, 4) is 0 Å². The van der Waals surface area contributed by atoms with Crippen molar-refractivity contribution in [3.63, 3.8) is 0 Å². The predicted molar refractivity (Wildman–Crippen MR) is 89.2 cm³/mol. The highest BCUT2D eigenvalue weighted by molar-refractivity contribution is 6.30. The van der Waals surface area contributed by atoms with Crippen molar-refractivity contribution in [1.82, 2.24) is 0 Å². The summed E-state index contributed by atoms with van der Waals surface area (Å²) in [6.45, 7) is 5.59. The van der Waals surface area contributed by atoms with E-state index in [1.54, 1.807) is 6.92 Å². The minimum atomic E-state index is -0.512. The molecule has 21 heavy (non-hydrogen) atoms. The predicted octanol–water partition coefficient (Wildman–Crippen LogP) is 5.74. The van der Waals surface area contributed by atoms with Crippen molar-refractivity contribution in [2.45, 2.75) is 26.7 Å². The van der Waals surface area contributed by atoms with E-state index in [0.29, 0.717) is 10.0 Å². The van der Waals surface area contributed by atoms with E-state index in [1.807, 2.05) is 62.4 Å². The molecule has 0 radical (unpaired) electrons. The average Bonchev–Trinajstić information content (AvgIpc) is 2.43. The van der Waals surface area contributed by atoms with E-state index in [2.05, 4.69) is 0 Å². The van der Waals surface area contributed by atoms with Crippen LogP contribution in [0.1, 0.15) is 37.8 Å². The van der Waals surface area contributed by atoms with E-state index in [0.717, 1.165) is 11.1 Å². The summed E-state index contributed by atoms with van der Waals surface area (Å²) < 4.78 is 0. The van der Waals surface area contributed by atoms with E-state index in [1.165, 1.54) is 0 Å².